The third-order valence-electron chi connectivity index (χ3n) is 5.61. The van der Waals surface area contributed by atoms with E-state index in [1.165, 1.54) is 6.92 Å². The Morgan fingerprint density at radius 2 is 1.67 bits per heavy atom. The molecule has 0 spiro atoms. The summed E-state index contributed by atoms with van der Waals surface area (Å²) < 4.78 is 40.5. The lowest BCUT2D eigenvalue weighted by atomic mass is 9.97. The van der Waals surface area contributed by atoms with Gasteiger partial charge < -0.3 is 60.1 Å². The highest BCUT2D eigenvalue weighted by molar-refractivity contribution is 7.60. The van der Waals surface area contributed by atoms with Gasteiger partial charge in [-0.3, -0.25) is 13.9 Å². The minimum atomic E-state index is -5.37. The van der Waals surface area contributed by atoms with Crippen LogP contribution in [0, 0.1) is 0 Å². The SMILES string of the molecule is CC(=O)N[C@H]1C(O)O[C@H](CO)[C@@H](O)[C@@H]1O.[N-]=[N+]=Nn1c(=O)ccn([C@@H]2O[C@H](COP(=O)(O)OP(=O)(O)O)[C@@H](O)[C@H]2O)c1=O. The molecule has 2 saturated heterocycles. The minimum absolute atomic E-state index is 0.113. The summed E-state index contributed by atoms with van der Waals surface area (Å²) in [4.78, 5) is 62.9. The maximum atomic E-state index is 12.2. The number of carbonyl (C=O) groups is 1. The van der Waals surface area contributed by atoms with E-state index in [4.69, 9.17) is 29.9 Å². The van der Waals surface area contributed by atoms with Crippen molar-refractivity contribution in [1.82, 2.24) is 14.6 Å². The molecule has 24 nitrogen and oxygen atoms in total. The van der Waals surface area contributed by atoms with Gasteiger partial charge in [-0.2, -0.15) is 9.22 Å². The normalized spacial score (nSPS) is 32.1. The molecule has 0 radical (unpaired) electrons. The zero-order chi connectivity index (χ0) is 32.9. The van der Waals surface area contributed by atoms with Gasteiger partial charge in [-0.25, -0.2) is 18.7 Å². The highest BCUT2D eigenvalue weighted by atomic mass is 31.3. The lowest BCUT2D eigenvalue weighted by Crippen LogP contribution is -2.63. The molecule has 3 rings (SSSR count). The largest absolute Gasteiger partial charge is 0.481 e. The van der Waals surface area contributed by atoms with E-state index >= 15 is 0 Å². The summed E-state index contributed by atoms with van der Waals surface area (Å²) in [6.45, 7) is -0.292. The van der Waals surface area contributed by atoms with Crippen molar-refractivity contribution in [3.05, 3.63) is 43.5 Å². The second kappa shape index (κ2) is 14.9. The first-order valence-electron chi connectivity index (χ1n) is 11.6. The van der Waals surface area contributed by atoms with E-state index in [1.54, 1.807) is 0 Å². The molecule has 244 valence electrons. The smallest absolute Gasteiger partial charge is 0.394 e. The van der Waals surface area contributed by atoms with Crippen molar-refractivity contribution < 1.29 is 77.6 Å². The number of nitrogens with zero attached hydrogens (tertiary/aromatic N) is 5. The number of aliphatic hydroxyl groups is 6. The van der Waals surface area contributed by atoms with E-state index in [-0.39, 0.29) is 4.68 Å². The molecule has 43 heavy (non-hydrogen) atoms. The number of azide groups is 1. The second-order valence-electron chi connectivity index (χ2n) is 8.67. The number of amides is 1. The maximum absolute atomic E-state index is 12.2. The minimum Gasteiger partial charge on any atom is -0.394 e. The Labute approximate surface area is 238 Å². The van der Waals surface area contributed by atoms with Gasteiger partial charge in [0.05, 0.1) is 13.2 Å². The summed E-state index contributed by atoms with van der Waals surface area (Å²) in [7, 11) is -10.6. The molecule has 0 bridgehead atoms. The first kappa shape index (κ1) is 36.6. The monoisotopic (exact) mass is 666 g/mol. The molecule has 0 aromatic carbocycles. The van der Waals surface area contributed by atoms with Gasteiger partial charge in [0.2, 0.25) is 5.91 Å². The first-order valence-corrected chi connectivity index (χ1v) is 14.6. The van der Waals surface area contributed by atoms with Gasteiger partial charge in [-0.1, -0.05) is 4.68 Å². The van der Waals surface area contributed by atoms with E-state index in [0.717, 1.165) is 12.3 Å². The average molecular weight is 666 g/mol. The molecule has 0 aliphatic carbocycles. The number of ether oxygens (including phenoxy) is 2. The quantitative estimate of drug-likeness (QED) is 0.0509. The van der Waals surface area contributed by atoms with Gasteiger partial charge in [0, 0.05) is 19.2 Å². The Bertz CT molecular complexity index is 1390. The summed E-state index contributed by atoms with van der Waals surface area (Å²) in [5.74, 6) is -0.462. The fraction of sp³-hybridized carbons (Fsp3) is 0.706. The number of aliphatic hydroxyl groups excluding tert-OH is 6. The standard InChI is InChI=1S/C9H13N5O12P2.C8H15NO6/c10-11-12-14-5(15)1-2-13(9(14)18)8-7(17)6(16)4(25-8)3-24-28(22,23)26-27(19,20)21;1-3(11)9-5-7(13)6(12)4(2-10)15-8(5)14/h1-2,4,6-8,16-17H,3H2,(H,22,23)(H2,19,20,21);4-8,10,12-14H,2H2,1H3,(H,9,11)/t4-,6-,7-,8-;4-,5-,6-,7-,8?/m11/s1. The Balaban J connectivity index is 0.000000362. The molecule has 10 atom stereocenters. The van der Waals surface area contributed by atoms with E-state index < -0.39 is 101 Å². The molecule has 1 amide bonds. The summed E-state index contributed by atoms with van der Waals surface area (Å²) in [6.07, 6.45) is -11.1. The topological polar surface area (TPSA) is 375 Å². The van der Waals surface area contributed by atoms with Crippen LogP contribution in [-0.4, -0.2) is 123 Å². The van der Waals surface area contributed by atoms with Crippen LogP contribution in [-0.2, 0) is 32.2 Å². The summed E-state index contributed by atoms with van der Waals surface area (Å²) in [6, 6.07) is -0.293. The fourth-order valence-electron chi connectivity index (χ4n) is 3.71. The number of carbonyl (C=O) groups excluding carboxylic acids is 1. The van der Waals surface area contributed by atoms with Crippen LogP contribution in [0.2, 0.25) is 0 Å². The van der Waals surface area contributed by atoms with E-state index in [1.807, 2.05) is 0 Å². The van der Waals surface area contributed by atoms with Crippen LogP contribution in [0.5, 0.6) is 0 Å². The highest BCUT2D eigenvalue weighted by Gasteiger charge is 2.46. The molecule has 1 aromatic heterocycles. The molecule has 2 aliphatic heterocycles. The lowest BCUT2D eigenvalue weighted by molar-refractivity contribution is -0.253. The van der Waals surface area contributed by atoms with Crippen molar-refractivity contribution in [1.29, 1.82) is 0 Å². The molecule has 2 unspecified atom stereocenters. The Morgan fingerprint density at radius 3 is 2.21 bits per heavy atom. The van der Waals surface area contributed by atoms with E-state index in [0.29, 0.717) is 4.57 Å². The summed E-state index contributed by atoms with van der Waals surface area (Å²) in [5.41, 5.74) is 6.18. The van der Waals surface area contributed by atoms with Gasteiger partial charge >= 0.3 is 26.9 Å². The van der Waals surface area contributed by atoms with Gasteiger partial charge in [0.25, 0.3) is 0 Å². The van der Waals surface area contributed by atoms with Crippen molar-refractivity contribution in [3.63, 3.8) is 0 Å². The van der Waals surface area contributed by atoms with Crippen LogP contribution in [0.1, 0.15) is 13.2 Å². The maximum Gasteiger partial charge on any atom is 0.481 e. The van der Waals surface area contributed by atoms with Crippen LogP contribution in [0.4, 0.5) is 0 Å². The summed E-state index contributed by atoms with van der Waals surface area (Å²) in [5, 5.41) is 62.3. The molecule has 1 aromatic rings. The van der Waals surface area contributed by atoms with Crippen molar-refractivity contribution >= 4 is 21.6 Å². The van der Waals surface area contributed by atoms with Crippen LogP contribution >= 0.6 is 15.6 Å². The van der Waals surface area contributed by atoms with Crippen LogP contribution in [0.15, 0.2) is 27.1 Å². The fourth-order valence-corrected chi connectivity index (χ4v) is 5.31. The van der Waals surface area contributed by atoms with Gasteiger partial charge in [0.1, 0.15) is 42.7 Å². The molecule has 26 heteroatoms. The van der Waals surface area contributed by atoms with Crippen LogP contribution < -0.4 is 16.6 Å². The van der Waals surface area contributed by atoms with Crippen LogP contribution in [0.25, 0.3) is 10.4 Å². The Hall–Kier alpha value is -2.60. The van der Waals surface area contributed by atoms with Crippen molar-refractivity contribution in [2.24, 2.45) is 5.22 Å². The molecule has 10 N–H and O–H groups in total. The number of phosphoric acid groups is 2. The van der Waals surface area contributed by atoms with Crippen molar-refractivity contribution in [2.45, 2.75) is 62.1 Å². The molecule has 2 aliphatic rings. The van der Waals surface area contributed by atoms with E-state index in [2.05, 4.69) is 24.3 Å². The number of hydrogen-bond donors (Lipinski definition) is 10. The molecule has 2 fully saturated rings. The predicted octanol–water partition coefficient (Wildman–Crippen LogP) is -5.15. The number of hydrogen-bond acceptors (Lipinski definition) is 16. The molecule has 0 saturated carbocycles. The van der Waals surface area contributed by atoms with Gasteiger partial charge in [-0.15, -0.1) is 5.53 Å². The number of rotatable bonds is 9. The average Bonchev–Trinajstić information content (AvgIpc) is 3.17. The Morgan fingerprint density at radius 1 is 1.07 bits per heavy atom. The Kier molecular flexibility index (Phi) is 12.7. The molecular formula is C17H28N6O18P2. The lowest BCUT2D eigenvalue weighted by Gasteiger charge is -2.40. The van der Waals surface area contributed by atoms with Gasteiger partial charge in [0.15, 0.2) is 12.5 Å². The first-order chi connectivity index (χ1) is 19.8. The van der Waals surface area contributed by atoms with Crippen LogP contribution in [0.3, 0.4) is 0 Å². The van der Waals surface area contributed by atoms with Crippen molar-refractivity contribution in [3.8, 4) is 0 Å². The number of aromatic nitrogens is 2. The van der Waals surface area contributed by atoms with Crippen molar-refractivity contribution in [2.75, 3.05) is 13.2 Å². The molecule has 3 heterocycles. The van der Waals surface area contributed by atoms with Gasteiger partial charge in [-0.05, 0) is 5.22 Å². The summed E-state index contributed by atoms with van der Waals surface area (Å²) >= 11 is 0. The predicted molar refractivity (Wildman–Crippen MR) is 132 cm³/mol. The second-order valence-corrected chi connectivity index (χ2v) is 11.5. The number of nitrogens with one attached hydrogen (secondary N) is 1. The highest BCUT2D eigenvalue weighted by Crippen LogP contribution is 2.57. The third kappa shape index (κ3) is 9.69. The third-order valence-corrected chi connectivity index (χ3v) is 7.76. The number of phosphoric ester groups is 1. The van der Waals surface area contributed by atoms with E-state index in [9.17, 15) is 53.9 Å². The zero-order valence-corrected chi connectivity index (χ0v) is 23.4. The zero-order valence-electron chi connectivity index (χ0n) is 21.6. The molecular weight excluding hydrogens is 638 g/mol.